The van der Waals surface area contributed by atoms with Gasteiger partial charge >= 0.3 is 0 Å². The van der Waals surface area contributed by atoms with Crippen LogP contribution in [-0.4, -0.2) is 19.8 Å². The van der Waals surface area contributed by atoms with Crippen molar-refractivity contribution in [2.24, 2.45) is 0 Å². The molecule has 0 bridgehead atoms. The van der Waals surface area contributed by atoms with Crippen LogP contribution in [0.1, 0.15) is 43.0 Å². The Hall–Kier alpha value is -0.860. The lowest BCUT2D eigenvalue weighted by Crippen LogP contribution is -2.24. The van der Waals surface area contributed by atoms with Gasteiger partial charge in [-0.25, -0.2) is 0 Å². The number of ether oxygens (including phenoxy) is 1. The van der Waals surface area contributed by atoms with Gasteiger partial charge in [0.25, 0.3) is 0 Å². The number of nitrogens with one attached hydrogen (secondary N) is 1. The quantitative estimate of drug-likeness (QED) is 0.816. The molecule has 0 spiro atoms. The van der Waals surface area contributed by atoms with E-state index in [9.17, 15) is 0 Å². The molecule has 0 aromatic heterocycles. The molecule has 1 N–H and O–H groups in total. The Morgan fingerprint density at radius 2 is 2.00 bits per heavy atom. The van der Waals surface area contributed by atoms with E-state index in [1.807, 2.05) is 7.05 Å². The van der Waals surface area contributed by atoms with Crippen molar-refractivity contribution in [1.29, 1.82) is 0 Å². The maximum Gasteiger partial charge on any atom is 0.0665 e. The summed E-state index contributed by atoms with van der Waals surface area (Å²) in [4.78, 5) is 0. The molecule has 1 aromatic carbocycles. The van der Waals surface area contributed by atoms with Crippen LogP contribution in [-0.2, 0) is 4.74 Å². The first-order valence-corrected chi connectivity index (χ1v) is 6.44. The van der Waals surface area contributed by atoms with E-state index in [2.05, 4.69) is 51.2 Å². The molecule has 0 fully saturated rings. The van der Waals surface area contributed by atoms with Crippen molar-refractivity contribution in [3.8, 4) is 0 Å². The summed E-state index contributed by atoms with van der Waals surface area (Å²) in [6, 6.07) is 6.87. The van der Waals surface area contributed by atoms with E-state index < -0.39 is 0 Å². The van der Waals surface area contributed by atoms with Crippen LogP contribution in [0.3, 0.4) is 0 Å². The predicted octanol–water partition coefficient (Wildman–Crippen LogP) is 3.38. The number of hydrogen-bond donors (Lipinski definition) is 1. The molecule has 17 heavy (non-hydrogen) atoms. The minimum atomic E-state index is 0.282. The summed E-state index contributed by atoms with van der Waals surface area (Å²) in [7, 11) is 1.99. The molecule has 0 saturated heterocycles. The third-order valence-electron chi connectivity index (χ3n) is 3.27. The lowest BCUT2D eigenvalue weighted by atomic mass is 10.00. The predicted molar refractivity (Wildman–Crippen MR) is 73.4 cm³/mol. The first-order chi connectivity index (χ1) is 8.08. The highest BCUT2D eigenvalue weighted by Crippen LogP contribution is 2.19. The van der Waals surface area contributed by atoms with Gasteiger partial charge in [-0.1, -0.05) is 30.7 Å². The largest absolute Gasteiger partial charge is 0.377 e. The van der Waals surface area contributed by atoms with E-state index >= 15 is 0 Å². The molecule has 2 heteroatoms. The van der Waals surface area contributed by atoms with Gasteiger partial charge < -0.3 is 10.1 Å². The highest BCUT2D eigenvalue weighted by atomic mass is 16.5. The molecule has 2 unspecified atom stereocenters. The fraction of sp³-hybridized carbons (Fsp3) is 0.600. The Bertz CT molecular complexity index is 349. The summed E-state index contributed by atoms with van der Waals surface area (Å²) < 4.78 is 5.82. The van der Waals surface area contributed by atoms with Crippen molar-refractivity contribution in [1.82, 2.24) is 5.32 Å². The van der Waals surface area contributed by atoms with E-state index in [0.29, 0.717) is 6.10 Å². The lowest BCUT2D eigenvalue weighted by molar-refractivity contribution is 0.0486. The van der Waals surface area contributed by atoms with Gasteiger partial charge in [0.2, 0.25) is 0 Å². The Balaban J connectivity index is 2.72. The standard InChI is InChI=1S/C15H25NO/c1-6-13(4)17-10-15(16-5)14-8-7-11(2)9-12(14)3/h7-9,13,15-16H,6,10H2,1-5H3. The Morgan fingerprint density at radius 3 is 2.53 bits per heavy atom. The first kappa shape index (κ1) is 14.2. The van der Waals surface area contributed by atoms with Gasteiger partial charge in [0.05, 0.1) is 18.8 Å². The average Bonchev–Trinajstić information content (AvgIpc) is 2.31. The minimum Gasteiger partial charge on any atom is -0.377 e. The fourth-order valence-electron chi connectivity index (χ4n) is 1.92. The summed E-state index contributed by atoms with van der Waals surface area (Å²) in [5.74, 6) is 0. The smallest absolute Gasteiger partial charge is 0.0665 e. The third kappa shape index (κ3) is 4.14. The minimum absolute atomic E-state index is 0.282. The summed E-state index contributed by atoms with van der Waals surface area (Å²) in [6.45, 7) is 9.29. The van der Waals surface area contributed by atoms with Gasteiger partial charge in [-0.05, 0) is 45.4 Å². The Kier molecular flexibility index (Phi) is 5.66. The van der Waals surface area contributed by atoms with E-state index in [-0.39, 0.29) is 6.04 Å². The van der Waals surface area contributed by atoms with Crippen LogP contribution in [0.5, 0.6) is 0 Å². The van der Waals surface area contributed by atoms with Crippen molar-refractivity contribution >= 4 is 0 Å². The molecule has 2 atom stereocenters. The molecule has 0 aliphatic heterocycles. The van der Waals surface area contributed by atoms with Crippen molar-refractivity contribution in [3.63, 3.8) is 0 Å². The van der Waals surface area contributed by atoms with Crippen molar-refractivity contribution < 1.29 is 4.74 Å². The van der Waals surface area contributed by atoms with Gasteiger partial charge in [-0.15, -0.1) is 0 Å². The van der Waals surface area contributed by atoms with Crippen LogP contribution in [0.15, 0.2) is 18.2 Å². The molecule has 1 rings (SSSR count). The SMILES string of the molecule is CCC(C)OCC(NC)c1ccc(C)cc1C. The maximum absolute atomic E-state index is 5.82. The molecule has 0 heterocycles. The highest BCUT2D eigenvalue weighted by Gasteiger charge is 2.13. The van der Waals surface area contributed by atoms with Crippen LogP contribution in [0, 0.1) is 13.8 Å². The summed E-state index contributed by atoms with van der Waals surface area (Å²) in [5, 5.41) is 3.33. The van der Waals surface area contributed by atoms with Gasteiger partial charge in [0.1, 0.15) is 0 Å². The zero-order valence-electron chi connectivity index (χ0n) is 11.7. The molecule has 0 aliphatic carbocycles. The molecular formula is C15H25NO. The van der Waals surface area contributed by atoms with Crippen molar-refractivity contribution in [3.05, 3.63) is 34.9 Å². The second-order valence-corrected chi connectivity index (χ2v) is 4.75. The zero-order valence-corrected chi connectivity index (χ0v) is 11.7. The molecule has 0 amide bonds. The number of rotatable bonds is 6. The Labute approximate surface area is 105 Å². The maximum atomic E-state index is 5.82. The molecule has 0 aliphatic rings. The normalized spacial score (nSPS) is 14.6. The fourth-order valence-corrected chi connectivity index (χ4v) is 1.92. The highest BCUT2D eigenvalue weighted by molar-refractivity contribution is 5.32. The number of hydrogen-bond acceptors (Lipinski definition) is 2. The van der Waals surface area contributed by atoms with Crippen molar-refractivity contribution in [2.45, 2.75) is 46.3 Å². The second kappa shape index (κ2) is 6.77. The number of likely N-dealkylation sites (N-methyl/N-ethyl adjacent to an activating group) is 1. The molecule has 0 saturated carbocycles. The number of aryl methyl sites for hydroxylation is 2. The lowest BCUT2D eigenvalue weighted by Gasteiger charge is -2.21. The molecule has 0 radical (unpaired) electrons. The van der Waals surface area contributed by atoms with E-state index in [0.717, 1.165) is 13.0 Å². The van der Waals surface area contributed by atoms with E-state index in [1.165, 1.54) is 16.7 Å². The average molecular weight is 235 g/mol. The monoisotopic (exact) mass is 235 g/mol. The summed E-state index contributed by atoms with van der Waals surface area (Å²) in [6.07, 6.45) is 1.39. The van der Waals surface area contributed by atoms with Crippen LogP contribution in [0.2, 0.25) is 0 Å². The molecular weight excluding hydrogens is 210 g/mol. The molecule has 96 valence electrons. The third-order valence-corrected chi connectivity index (χ3v) is 3.27. The first-order valence-electron chi connectivity index (χ1n) is 6.44. The van der Waals surface area contributed by atoms with Crippen LogP contribution in [0.4, 0.5) is 0 Å². The van der Waals surface area contributed by atoms with E-state index in [1.54, 1.807) is 0 Å². The van der Waals surface area contributed by atoms with Gasteiger partial charge in [-0.3, -0.25) is 0 Å². The van der Waals surface area contributed by atoms with Gasteiger partial charge in [0, 0.05) is 0 Å². The summed E-state index contributed by atoms with van der Waals surface area (Å²) >= 11 is 0. The van der Waals surface area contributed by atoms with Crippen LogP contribution in [0.25, 0.3) is 0 Å². The van der Waals surface area contributed by atoms with Gasteiger partial charge in [-0.2, -0.15) is 0 Å². The topological polar surface area (TPSA) is 21.3 Å². The molecule has 1 aromatic rings. The zero-order chi connectivity index (χ0) is 12.8. The van der Waals surface area contributed by atoms with Crippen molar-refractivity contribution in [2.75, 3.05) is 13.7 Å². The van der Waals surface area contributed by atoms with E-state index in [4.69, 9.17) is 4.74 Å². The molecule has 2 nitrogen and oxygen atoms in total. The second-order valence-electron chi connectivity index (χ2n) is 4.75. The summed E-state index contributed by atoms with van der Waals surface area (Å²) in [5.41, 5.74) is 3.97. The van der Waals surface area contributed by atoms with Gasteiger partial charge in [0.15, 0.2) is 0 Å². The Morgan fingerprint density at radius 1 is 1.29 bits per heavy atom. The van der Waals surface area contributed by atoms with Crippen LogP contribution >= 0.6 is 0 Å². The van der Waals surface area contributed by atoms with Crippen LogP contribution < -0.4 is 5.32 Å². The number of benzene rings is 1.